The number of amides is 1. The number of hydrogen-bond donors (Lipinski definition) is 2. The number of ether oxygens (including phenoxy) is 1. The van der Waals surface area contributed by atoms with Crippen LogP contribution < -0.4 is 9.97 Å². The lowest BCUT2D eigenvalue weighted by molar-refractivity contribution is -0.121. The average molecular weight is 401 g/mol. The molecule has 6 nitrogen and oxygen atoms in total. The third kappa shape index (κ3) is 5.98. The molecule has 0 bridgehead atoms. The van der Waals surface area contributed by atoms with Crippen molar-refractivity contribution >= 4 is 19.0 Å². The molecule has 1 heterocycles. The quantitative estimate of drug-likeness (QED) is 0.515. The minimum absolute atomic E-state index is 0.0961. The van der Waals surface area contributed by atoms with Gasteiger partial charge in [0, 0.05) is 6.42 Å². The molecule has 1 atom stereocenters. The Labute approximate surface area is 173 Å². The third-order valence-corrected chi connectivity index (χ3v) is 5.93. The largest absolute Gasteiger partial charge is 0.547 e. The van der Waals surface area contributed by atoms with E-state index in [1.807, 2.05) is 13.0 Å². The standard InChI is InChI=1S/C22H32BNO5/c1-2-3-12-20(25)24-19-15-17-10-7-11-18(21(17)29-23(19)27)22(26)28-14-13-16-8-5-4-6-9-16/h7,10-11,16,19,27H,2-6,8-9,12-15H2,1H3,(H,24,25)/t19-/m0/s1. The number of para-hydroxylation sites is 1. The van der Waals surface area contributed by atoms with Gasteiger partial charge in [-0.3, -0.25) is 4.79 Å². The summed E-state index contributed by atoms with van der Waals surface area (Å²) in [6.45, 7) is 2.43. The van der Waals surface area contributed by atoms with E-state index in [0.717, 1.165) is 24.8 Å². The molecule has 1 fully saturated rings. The maximum Gasteiger partial charge on any atom is 0.547 e. The molecule has 7 heteroatoms. The van der Waals surface area contributed by atoms with Crippen molar-refractivity contribution in [2.45, 2.75) is 77.1 Å². The van der Waals surface area contributed by atoms with E-state index in [0.29, 0.717) is 36.7 Å². The zero-order valence-corrected chi connectivity index (χ0v) is 17.3. The van der Waals surface area contributed by atoms with Crippen LogP contribution in [0.1, 0.15) is 80.6 Å². The van der Waals surface area contributed by atoms with E-state index in [9.17, 15) is 14.6 Å². The Morgan fingerprint density at radius 2 is 2.07 bits per heavy atom. The van der Waals surface area contributed by atoms with E-state index < -0.39 is 19.0 Å². The Morgan fingerprint density at radius 1 is 1.28 bits per heavy atom. The van der Waals surface area contributed by atoms with Crippen molar-refractivity contribution in [1.82, 2.24) is 5.32 Å². The summed E-state index contributed by atoms with van der Waals surface area (Å²) in [4.78, 5) is 24.6. The van der Waals surface area contributed by atoms with Crippen LogP contribution in [-0.2, 0) is 16.0 Å². The normalized spacial score (nSPS) is 19.2. The highest BCUT2D eigenvalue weighted by molar-refractivity contribution is 6.47. The van der Waals surface area contributed by atoms with Gasteiger partial charge in [0.1, 0.15) is 11.3 Å². The molecule has 2 aliphatic rings. The number of carbonyl (C=O) groups is 2. The topological polar surface area (TPSA) is 84.9 Å². The Kier molecular flexibility index (Phi) is 7.98. The van der Waals surface area contributed by atoms with Gasteiger partial charge in [-0.25, -0.2) is 4.79 Å². The molecule has 29 heavy (non-hydrogen) atoms. The summed E-state index contributed by atoms with van der Waals surface area (Å²) in [6, 6.07) is 5.30. The molecular weight excluding hydrogens is 369 g/mol. The van der Waals surface area contributed by atoms with Gasteiger partial charge in [0.05, 0.1) is 12.5 Å². The smallest absolute Gasteiger partial charge is 0.534 e. The van der Waals surface area contributed by atoms with Gasteiger partial charge < -0.3 is 19.7 Å². The van der Waals surface area contributed by atoms with Crippen LogP contribution in [0.15, 0.2) is 18.2 Å². The van der Waals surface area contributed by atoms with E-state index in [2.05, 4.69) is 5.32 Å². The van der Waals surface area contributed by atoms with Crippen LogP contribution in [0.5, 0.6) is 5.75 Å². The van der Waals surface area contributed by atoms with Gasteiger partial charge in [-0.05, 0) is 36.8 Å². The fourth-order valence-electron chi connectivity index (χ4n) is 4.20. The van der Waals surface area contributed by atoms with Gasteiger partial charge in [-0.2, -0.15) is 0 Å². The van der Waals surface area contributed by atoms with Gasteiger partial charge in [-0.1, -0.05) is 57.6 Å². The molecule has 1 aromatic carbocycles. The van der Waals surface area contributed by atoms with E-state index in [-0.39, 0.29) is 5.91 Å². The number of hydrogen-bond acceptors (Lipinski definition) is 5. The Hall–Kier alpha value is -2.02. The third-order valence-electron chi connectivity index (χ3n) is 5.93. The second-order valence-electron chi connectivity index (χ2n) is 8.21. The molecule has 0 aromatic heterocycles. The second-order valence-corrected chi connectivity index (χ2v) is 8.21. The van der Waals surface area contributed by atoms with E-state index in [1.165, 1.54) is 32.1 Å². The minimum atomic E-state index is -1.19. The molecule has 1 aromatic rings. The molecule has 3 rings (SSSR count). The van der Waals surface area contributed by atoms with E-state index >= 15 is 0 Å². The van der Waals surface area contributed by atoms with Crippen molar-refractivity contribution in [1.29, 1.82) is 0 Å². The zero-order chi connectivity index (χ0) is 20.6. The number of carbonyl (C=O) groups excluding carboxylic acids is 2. The first-order chi connectivity index (χ1) is 14.1. The van der Waals surface area contributed by atoms with Crippen molar-refractivity contribution < 1.29 is 24.0 Å². The number of fused-ring (bicyclic) bond motifs is 1. The van der Waals surface area contributed by atoms with Crippen molar-refractivity contribution in [3.63, 3.8) is 0 Å². The highest BCUT2D eigenvalue weighted by atomic mass is 16.5. The minimum Gasteiger partial charge on any atom is -0.534 e. The van der Waals surface area contributed by atoms with Gasteiger partial charge in [0.2, 0.25) is 5.91 Å². The predicted molar refractivity (Wildman–Crippen MR) is 112 cm³/mol. The summed E-state index contributed by atoms with van der Waals surface area (Å²) in [5.41, 5.74) is 1.12. The number of rotatable bonds is 8. The molecule has 1 saturated carbocycles. The fraction of sp³-hybridized carbons (Fsp3) is 0.636. The second kappa shape index (κ2) is 10.7. The van der Waals surface area contributed by atoms with Gasteiger partial charge >= 0.3 is 13.1 Å². The number of benzene rings is 1. The van der Waals surface area contributed by atoms with Crippen molar-refractivity contribution in [2.24, 2.45) is 5.92 Å². The molecule has 1 amide bonds. The first kappa shape index (κ1) is 21.7. The van der Waals surface area contributed by atoms with Crippen molar-refractivity contribution in [3.05, 3.63) is 29.3 Å². The molecule has 1 aliphatic heterocycles. The van der Waals surface area contributed by atoms with Crippen LogP contribution in [0.4, 0.5) is 0 Å². The average Bonchev–Trinajstić information content (AvgIpc) is 2.73. The Balaban J connectivity index is 1.58. The summed E-state index contributed by atoms with van der Waals surface area (Å²) in [5, 5.41) is 13.2. The molecule has 0 spiro atoms. The van der Waals surface area contributed by atoms with Crippen LogP contribution >= 0.6 is 0 Å². The Morgan fingerprint density at radius 3 is 2.83 bits per heavy atom. The number of nitrogens with one attached hydrogen (secondary N) is 1. The lowest BCUT2D eigenvalue weighted by atomic mass is 9.72. The summed E-state index contributed by atoms with van der Waals surface area (Å²) < 4.78 is 11.1. The van der Waals surface area contributed by atoms with Crippen LogP contribution in [0.3, 0.4) is 0 Å². The molecule has 158 valence electrons. The summed E-state index contributed by atoms with van der Waals surface area (Å²) >= 11 is 0. The zero-order valence-electron chi connectivity index (χ0n) is 17.3. The van der Waals surface area contributed by atoms with E-state index in [4.69, 9.17) is 9.39 Å². The summed E-state index contributed by atoms with van der Waals surface area (Å²) in [6.07, 6.45) is 9.78. The molecule has 2 N–H and O–H groups in total. The summed E-state index contributed by atoms with van der Waals surface area (Å²) in [7, 11) is -1.19. The Bertz CT molecular complexity index is 704. The SMILES string of the molecule is CCCCC(=O)N[C@H]1Cc2cccc(C(=O)OCCC3CCCCC3)c2OB1O. The van der Waals surface area contributed by atoms with Crippen molar-refractivity contribution in [3.8, 4) is 5.75 Å². The van der Waals surface area contributed by atoms with E-state index in [1.54, 1.807) is 12.1 Å². The molecule has 1 aliphatic carbocycles. The van der Waals surface area contributed by atoms with Crippen LogP contribution in [-0.4, -0.2) is 36.6 Å². The number of unbranched alkanes of at least 4 members (excludes halogenated alkanes) is 1. The highest BCUT2D eigenvalue weighted by Crippen LogP contribution is 2.31. The first-order valence-electron chi connectivity index (χ1n) is 11.0. The monoisotopic (exact) mass is 401 g/mol. The van der Waals surface area contributed by atoms with Gasteiger partial charge in [0.15, 0.2) is 0 Å². The first-order valence-corrected chi connectivity index (χ1v) is 11.0. The van der Waals surface area contributed by atoms with Gasteiger partial charge in [-0.15, -0.1) is 0 Å². The van der Waals surface area contributed by atoms with Gasteiger partial charge in [0.25, 0.3) is 0 Å². The molecule has 0 unspecified atom stereocenters. The van der Waals surface area contributed by atoms with Crippen LogP contribution in [0.25, 0.3) is 0 Å². The summed E-state index contributed by atoms with van der Waals surface area (Å²) in [5.74, 6) is -0.0287. The predicted octanol–water partition coefficient (Wildman–Crippen LogP) is 3.44. The lowest BCUT2D eigenvalue weighted by Crippen LogP contribution is -2.53. The molecule has 0 saturated heterocycles. The highest BCUT2D eigenvalue weighted by Gasteiger charge is 2.37. The lowest BCUT2D eigenvalue weighted by Gasteiger charge is -2.29. The number of esters is 1. The molecule has 0 radical (unpaired) electrons. The van der Waals surface area contributed by atoms with Crippen LogP contribution in [0.2, 0.25) is 0 Å². The molecular formula is C22H32BNO5. The maximum atomic E-state index is 12.6. The fourth-order valence-corrected chi connectivity index (χ4v) is 4.20. The van der Waals surface area contributed by atoms with Crippen LogP contribution in [0, 0.1) is 5.92 Å². The maximum absolute atomic E-state index is 12.6. The van der Waals surface area contributed by atoms with Crippen molar-refractivity contribution in [2.75, 3.05) is 6.61 Å².